The second-order valence-electron chi connectivity index (χ2n) is 5.92. The van der Waals surface area contributed by atoms with Gasteiger partial charge in [-0.15, -0.1) is 24.8 Å². The van der Waals surface area contributed by atoms with Crippen LogP contribution in [0.15, 0.2) is 18.3 Å². The fraction of sp³-hybridized carbons (Fsp3) is 0.600. The first-order chi connectivity index (χ1) is 9.67. The Morgan fingerprint density at radius 2 is 1.82 bits per heavy atom. The molecule has 2 fully saturated rings. The van der Waals surface area contributed by atoms with Crippen molar-refractivity contribution in [2.45, 2.75) is 44.1 Å². The first-order valence-corrected chi connectivity index (χ1v) is 7.49. The molecule has 22 heavy (non-hydrogen) atoms. The normalized spacial score (nSPS) is 19.2. The van der Waals surface area contributed by atoms with Crippen molar-refractivity contribution in [2.24, 2.45) is 5.73 Å². The number of pyridine rings is 1. The van der Waals surface area contributed by atoms with E-state index in [2.05, 4.69) is 15.2 Å². The van der Waals surface area contributed by atoms with Crippen LogP contribution in [0.1, 0.15) is 38.5 Å². The van der Waals surface area contributed by atoms with Crippen LogP contribution >= 0.6 is 24.8 Å². The molecule has 1 aliphatic heterocycles. The maximum atomic E-state index is 12.0. The Labute approximate surface area is 143 Å². The molecule has 124 valence electrons. The third-order valence-electron chi connectivity index (χ3n) is 4.38. The van der Waals surface area contributed by atoms with Gasteiger partial charge in [-0.05, 0) is 50.7 Å². The average Bonchev–Trinajstić information content (AvgIpc) is 2.46. The lowest BCUT2D eigenvalue weighted by Gasteiger charge is -2.36. The van der Waals surface area contributed by atoms with Crippen LogP contribution in [0.2, 0.25) is 0 Å². The van der Waals surface area contributed by atoms with Gasteiger partial charge in [0.1, 0.15) is 5.82 Å². The highest BCUT2D eigenvalue weighted by molar-refractivity contribution is 5.98. The molecule has 1 aliphatic carbocycles. The predicted octanol–water partition coefficient (Wildman–Crippen LogP) is 2.74. The number of carbonyl (C=O) groups is 1. The summed E-state index contributed by atoms with van der Waals surface area (Å²) in [6, 6.07) is 3.89. The summed E-state index contributed by atoms with van der Waals surface area (Å²) in [6.07, 6.45) is 8.09. The molecule has 0 atom stereocenters. The summed E-state index contributed by atoms with van der Waals surface area (Å²) in [4.78, 5) is 18.8. The van der Waals surface area contributed by atoms with E-state index in [0.29, 0.717) is 0 Å². The van der Waals surface area contributed by atoms with Crippen LogP contribution in [0.3, 0.4) is 0 Å². The maximum absolute atomic E-state index is 12.0. The van der Waals surface area contributed by atoms with E-state index in [1.165, 1.54) is 19.3 Å². The molecule has 7 heteroatoms. The maximum Gasteiger partial charge on any atom is 0.244 e. The van der Waals surface area contributed by atoms with Gasteiger partial charge in [0.15, 0.2) is 0 Å². The minimum Gasteiger partial charge on any atom is -0.357 e. The molecule has 0 unspecified atom stereocenters. The second kappa shape index (κ2) is 7.99. The van der Waals surface area contributed by atoms with Gasteiger partial charge in [-0.1, -0.05) is 0 Å². The Bertz CT molecular complexity index is 485. The molecule has 1 aromatic heterocycles. The molecule has 2 aliphatic rings. The smallest absolute Gasteiger partial charge is 0.244 e. The summed E-state index contributed by atoms with van der Waals surface area (Å²) in [5, 5.41) is 2.87. The number of anilines is 2. The number of nitrogens with one attached hydrogen (secondary N) is 1. The number of hydrogen-bond acceptors (Lipinski definition) is 4. The van der Waals surface area contributed by atoms with Crippen LogP contribution in [0.4, 0.5) is 11.5 Å². The van der Waals surface area contributed by atoms with Crippen molar-refractivity contribution in [2.75, 3.05) is 23.3 Å². The molecule has 0 aromatic carbocycles. The zero-order valence-corrected chi connectivity index (χ0v) is 14.2. The van der Waals surface area contributed by atoms with E-state index in [0.717, 1.165) is 43.9 Å². The number of nitrogens with zero attached hydrogens (tertiary/aromatic N) is 2. The predicted molar refractivity (Wildman–Crippen MR) is 94.2 cm³/mol. The lowest BCUT2D eigenvalue weighted by atomic mass is 9.77. The summed E-state index contributed by atoms with van der Waals surface area (Å²) in [6.45, 7) is 2.15. The Hall–Kier alpha value is -1.04. The van der Waals surface area contributed by atoms with Gasteiger partial charge in [-0.25, -0.2) is 4.98 Å². The minimum atomic E-state index is -0.661. The lowest BCUT2D eigenvalue weighted by molar-refractivity contribution is -0.123. The van der Waals surface area contributed by atoms with Gasteiger partial charge < -0.3 is 16.0 Å². The molecule has 3 rings (SSSR count). The van der Waals surface area contributed by atoms with Gasteiger partial charge in [-0.2, -0.15) is 0 Å². The van der Waals surface area contributed by atoms with Crippen molar-refractivity contribution >= 4 is 42.2 Å². The fourth-order valence-corrected chi connectivity index (χ4v) is 2.81. The molecule has 1 saturated heterocycles. The topological polar surface area (TPSA) is 71.2 Å². The van der Waals surface area contributed by atoms with Crippen LogP contribution < -0.4 is 16.0 Å². The summed E-state index contributed by atoms with van der Waals surface area (Å²) in [5.41, 5.74) is 6.07. The Kier molecular flexibility index (Phi) is 6.91. The number of halogens is 2. The molecule has 1 amide bonds. The van der Waals surface area contributed by atoms with Crippen molar-refractivity contribution < 1.29 is 4.79 Å². The Balaban J connectivity index is 0.00000121. The van der Waals surface area contributed by atoms with Crippen LogP contribution in [0.5, 0.6) is 0 Å². The minimum absolute atomic E-state index is 0. The molecule has 5 nitrogen and oxygen atoms in total. The third kappa shape index (κ3) is 4.03. The van der Waals surface area contributed by atoms with Crippen molar-refractivity contribution in [1.82, 2.24) is 4.98 Å². The summed E-state index contributed by atoms with van der Waals surface area (Å²) in [5.74, 6) is 0.907. The summed E-state index contributed by atoms with van der Waals surface area (Å²) < 4.78 is 0. The number of aromatic nitrogens is 1. The first kappa shape index (κ1) is 19.0. The molecule has 3 N–H and O–H groups in total. The van der Waals surface area contributed by atoms with E-state index in [9.17, 15) is 4.79 Å². The summed E-state index contributed by atoms with van der Waals surface area (Å²) in [7, 11) is 0. The molecule has 0 bridgehead atoms. The fourth-order valence-electron chi connectivity index (χ4n) is 2.81. The molecule has 0 radical (unpaired) electrons. The van der Waals surface area contributed by atoms with Crippen LogP contribution in [-0.2, 0) is 4.79 Å². The summed E-state index contributed by atoms with van der Waals surface area (Å²) >= 11 is 0. The first-order valence-electron chi connectivity index (χ1n) is 7.49. The van der Waals surface area contributed by atoms with Gasteiger partial charge in [0.05, 0.1) is 17.4 Å². The number of rotatable bonds is 3. The molecular weight excluding hydrogens is 323 g/mol. The second-order valence-corrected chi connectivity index (χ2v) is 5.92. The highest BCUT2D eigenvalue weighted by Gasteiger charge is 2.40. The van der Waals surface area contributed by atoms with Gasteiger partial charge >= 0.3 is 0 Å². The molecule has 1 saturated carbocycles. The van der Waals surface area contributed by atoms with Gasteiger partial charge in [-0.3, -0.25) is 4.79 Å². The van der Waals surface area contributed by atoms with Gasteiger partial charge in [0.25, 0.3) is 0 Å². The SMILES string of the molecule is Cl.Cl.NC1(C(=O)Nc2ccc(N3CCCCC3)nc2)CCC1. The van der Waals surface area contributed by atoms with Crippen molar-refractivity contribution in [3.8, 4) is 0 Å². The quantitative estimate of drug-likeness (QED) is 0.882. The Morgan fingerprint density at radius 3 is 2.32 bits per heavy atom. The zero-order chi connectivity index (χ0) is 14.0. The molecule has 1 aromatic rings. The van der Waals surface area contributed by atoms with Crippen LogP contribution in [0, 0.1) is 0 Å². The third-order valence-corrected chi connectivity index (χ3v) is 4.38. The van der Waals surface area contributed by atoms with E-state index >= 15 is 0 Å². The number of piperidine rings is 1. The Morgan fingerprint density at radius 1 is 1.14 bits per heavy atom. The monoisotopic (exact) mass is 346 g/mol. The van der Waals surface area contributed by atoms with E-state index in [1.807, 2.05) is 12.1 Å². The molecular formula is C15H24Cl2N4O. The van der Waals surface area contributed by atoms with Crippen molar-refractivity contribution in [3.63, 3.8) is 0 Å². The van der Waals surface area contributed by atoms with Crippen LogP contribution in [-0.4, -0.2) is 29.5 Å². The van der Waals surface area contributed by atoms with Crippen LogP contribution in [0.25, 0.3) is 0 Å². The number of hydrogen-bond donors (Lipinski definition) is 2. The molecule has 0 spiro atoms. The highest BCUT2D eigenvalue weighted by Crippen LogP contribution is 2.30. The van der Waals surface area contributed by atoms with Crippen molar-refractivity contribution in [1.29, 1.82) is 0 Å². The number of amides is 1. The van der Waals surface area contributed by atoms with E-state index in [4.69, 9.17) is 5.73 Å². The zero-order valence-electron chi connectivity index (χ0n) is 12.6. The standard InChI is InChI=1S/C15H22N4O.2ClH/c16-15(7-4-8-15)14(20)18-12-5-6-13(17-11-12)19-9-2-1-3-10-19;;/h5-6,11H,1-4,7-10,16H2,(H,18,20);2*1H. The largest absolute Gasteiger partial charge is 0.357 e. The number of nitrogens with two attached hydrogens (primary N) is 1. The highest BCUT2D eigenvalue weighted by atomic mass is 35.5. The lowest BCUT2D eigenvalue weighted by Crippen LogP contribution is -2.56. The molecule has 2 heterocycles. The van der Waals surface area contributed by atoms with E-state index in [-0.39, 0.29) is 30.7 Å². The van der Waals surface area contributed by atoms with Gasteiger partial charge in [0, 0.05) is 13.1 Å². The van der Waals surface area contributed by atoms with E-state index < -0.39 is 5.54 Å². The van der Waals surface area contributed by atoms with Gasteiger partial charge in [0.2, 0.25) is 5.91 Å². The number of carbonyl (C=O) groups excluding carboxylic acids is 1. The van der Waals surface area contributed by atoms with Crippen molar-refractivity contribution in [3.05, 3.63) is 18.3 Å². The average molecular weight is 347 g/mol. The van der Waals surface area contributed by atoms with E-state index in [1.54, 1.807) is 6.20 Å².